The highest BCUT2D eigenvalue weighted by Gasteiger charge is 2.39. The van der Waals surface area contributed by atoms with Crippen molar-refractivity contribution in [2.45, 2.75) is 11.5 Å². The zero-order valence-corrected chi connectivity index (χ0v) is 13.3. The highest BCUT2D eigenvalue weighted by Crippen LogP contribution is 2.35. The number of nitrogens with zero attached hydrogens (tertiary/aromatic N) is 4. The van der Waals surface area contributed by atoms with Crippen molar-refractivity contribution in [1.29, 1.82) is 0 Å². The van der Waals surface area contributed by atoms with E-state index in [1.165, 1.54) is 11.5 Å². The van der Waals surface area contributed by atoms with Gasteiger partial charge in [-0.15, -0.1) is 23.5 Å². The van der Waals surface area contributed by atoms with Crippen molar-refractivity contribution in [3.05, 3.63) is 21.6 Å². The van der Waals surface area contributed by atoms with Crippen molar-refractivity contribution < 1.29 is 4.92 Å². The number of hydrogen-bond acceptors (Lipinski definition) is 7. The number of rotatable bonds is 4. The van der Waals surface area contributed by atoms with Gasteiger partial charge in [-0.2, -0.15) is 0 Å². The van der Waals surface area contributed by atoms with Crippen LogP contribution in [0.15, 0.2) is 11.5 Å². The maximum Gasteiger partial charge on any atom is 0.300 e. The van der Waals surface area contributed by atoms with Gasteiger partial charge < -0.3 is 9.80 Å². The highest BCUT2D eigenvalue weighted by molar-refractivity contribution is 8.20. The van der Waals surface area contributed by atoms with Crippen molar-refractivity contribution in [1.82, 2.24) is 14.7 Å². The van der Waals surface area contributed by atoms with Crippen LogP contribution in [0.2, 0.25) is 0 Å². The third-order valence-electron chi connectivity index (χ3n) is 3.97. The fourth-order valence-corrected chi connectivity index (χ4v) is 5.78. The number of fused-ring (bicyclic) bond motifs is 1. The summed E-state index contributed by atoms with van der Waals surface area (Å²) < 4.78 is 0.569. The molecule has 0 amide bonds. The van der Waals surface area contributed by atoms with Gasteiger partial charge in [-0.05, 0) is 6.54 Å². The molecule has 0 radical (unpaired) electrons. The van der Waals surface area contributed by atoms with E-state index in [4.69, 9.17) is 0 Å². The molecule has 3 aliphatic heterocycles. The molecular formula is C12H20N4O2S2. The summed E-state index contributed by atoms with van der Waals surface area (Å²) in [6, 6.07) is 0. The predicted molar refractivity (Wildman–Crippen MR) is 83.1 cm³/mol. The molecule has 0 atom stereocenters. The van der Waals surface area contributed by atoms with E-state index in [-0.39, 0.29) is 4.92 Å². The molecule has 0 aliphatic carbocycles. The molecule has 3 aliphatic rings. The topological polar surface area (TPSA) is 52.9 Å². The zero-order valence-electron chi connectivity index (χ0n) is 11.7. The Hall–Kier alpha value is -0.600. The molecule has 6 nitrogen and oxygen atoms in total. The van der Waals surface area contributed by atoms with Gasteiger partial charge in [0, 0.05) is 31.1 Å². The van der Waals surface area contributed by atoms with Crippen LogP contribution in [0.5, 0.6) is 0 Å². The molecule has 0 aromatic carbocycles. The lowest BCUT2D eigenvalue weighted by Crippen LogP contribution is -2.45. The van der Waals surface area contributed by atoms with Crippen molar-refractivity contribution in [3.63, 3.8) is 0 Å². The van der Waals surface area contributed by atoms with Gasteiger partial charge in [0.05, 0.1) is 22.7 Å². The molecule has 112 valence electrons. The van der Waals surface area contributed by atoms with E-state index in [0.29, 0.717) is 16.8 Å². The molecule has 2 fully saturated rings. The van der Waals surface area contributed by atoms with E-state index in [1.807, 2.05) is 23.5 Å². The number of nitro groups is 1. The van der Waals surface area contributed by atoms with Gasteiger partial charge >= 0.3 is 0 Å². The van der Waals surface area contributed by atoms with E-state index >= 15 is 0 Å². The SMILES string of the molecule is CCN1CC([N+](=O)[O-])=C2N(CC3SCCS3)CCN2C1. The number of likely N-dealkylation sites (N-methyl/N-ethyl adjacent to an activating group) is 1. The predicted octanol–water partition coefficient (Wildman–Crippen LogP) is 1.15. The molecule has 8 heteroatoms. The van der Waals surface area contributed by atoms with E-state index in [0.717, 1.165) is 38.7 Å². The van der Waals surface area contributed by atoms with Gasteiger partial charge in [-0.1, -0.05) is 6.92 Å². The quantitative estimate of drug-likeness (QED) is 0.569. The molecule has 3 rings (SSSR count). The Morgan fingerprint density at radius 3 is 2.75 bits per heavy atom. The first kappa shape index (κ1) is 14.3. The average molecular weight is 316 g/mol. The Kier molecular flexibility index (Phi) is 4.32. The Morgan fingerprint density at radius 1 is 1.35 bits per heavy atom. The van der Waals surface area contributed by atoms with Crippen LogP contribution in [0.25, 0.3) is 0 Å². The van der Waals surface area contributed by atoms with Gasteiger partial charge in [0.2, 0.25) is 0 Å². The molecular weight excluding hydrogens is 296 g/mol. The molecule has 0 N–H and O–H groups in total. The van der Waals surface area contributed by atoms with Crippen LogP contribution < -0.4 is 0 Å². The van der Waals surface area contributed by atoms with Crippen LogP contribution in [0.1, 0.15) is 6.92 Å². The summed E-state index contributed by atoms with van der Waals surface area (Å²) in [5.74, 6) is 3.29. The molecule has 0 unspecified atom stereocenters. The minimum absolute atomic E-state index is 0.183. The Morgan fingerprint density at radius 2 is 2.10 bits per heavy atom. The Labute approximate surface area is 127 Å². The van der Waals surface area contributed by atoms with Gasteiger partial charge in [0.25, 0.3) is 5.70 Å². The zero-order chi connectivity index (χ0) is 14.1. The molecule has 2 saturated heterocycles. The molecule has 3 heterocycles. The standard InChI is InChI=1S/C12H20N4O2S2/c1-2-13-7-10(16(17)18)12-14(3-4-15(12)9-13)8-11-19-5-6-20-11/h11H,2-9H2,1H3. The lowest BCUT2D eigenvalue weighted by molar-refractivity contribution is -0.433. The summed E-state index contributed by atoms with van der Waals surface area (Å²) in [6.45, 7) is 6.97. The molecule has 0 aromatic heterocycles. The smallest absolute Gasteiger partial charge is 0.300 e. The highest BCUT2D eigenvalue weighted by atomic mass is 32.2. The third kappa shape index (κ3) is 2.73. The second-order valence-electron chi connectivity index (χ2n) is 5.19. The first-order valence-corrected chi connectivity index (χ1v) is 9.11. The molecule has 0 saturated carbocycles. The maximum atomic E-state index is 11.4. The van der Waals surface area contributed by atoms with Gasteiger partial charge in [-0.3, -0.25) is 15.0 Å². The maximum absolute atomic E-state index is 11.4. The summed E-state index contributed by atoms with van der Waals surface area (Å²) in [7, 11) is 0. The van der Waals surface area contributed by atoms with Gasteiger partial charge in [0.1, 0.15) is 0 Å². The van der Waals surface area contributed by atoms with E-state index in [1.54, 1.807) is 0 Å². The van der Waals surface area contributed by atoms with E-state index in [9.17, 15) is 10.1 Å². The normalized spacial score (nSPS) is 24.6. The van der Waals surface area contributed by atoms with Crippen LogP contribution in [0, 0.1) is 10.1 Å². The Bertz CT molecular complexity index is 426. The molecule has 20 heavy (non-hydrogen) atoms. The Balaban J connectivity index is 1.81. The second-order valence-corrected chi connectivity index (χ2v) is 8.11. The summed E-state index contributed by atoms with van der Waals surface area (Å²) >= 11 is 3.97. The van der Waals surface area contributed by atoms with E-state index in [2.05, 4.69) is 21.6 Å². The summed E-state index contributed by atoms with van der Waals surface area (Å²) in [5, 5.41) is 11.4. The largest absolute Gasteiger partial charge is 0.349 e. The lowest BCUT2D eigenvalue weighted by atomic mass is 10.3. The monoisotopic (exact) mass is 316 g/mol. The second kappa shape index (κ2) is 6.03. The van der Waals surface area contributed by atoms with Gasteiger partial charge in [0.15, 0.2) is 5.82 Å². The minimum Gasteiger partial charge on any atom is -0.349 e. The van der Waals surface area contributed by atoms with Gasteiger partial charge in [-0.25, -0.2) is 0 Å². The first-order valence-electron chi connectivity index (χ1n) is 7.02. The third-order valence-corrected chi connectivity index (χ3v) is 6.97. The molecule has 0 bridgehead atoms. The molecule has 0 spiro atoms. The van der Waals surface area contributed by atoms with Crippen molar-refractivity contribution in [2.75, 3.05) is 50.9 Å². The lowest BCUT2D eigenvalue weighted by Gasteiger charge is -2.34. The fourth-order valence-electron chi connectivity index (χ4n) is 2.95. The number of thioether (sulfide) groups is 2. The van der Waals surface area contributed by atoms with Crippen LogP contribution >= 0.6 is 23.5 Å². The van der Waals surface area contributed by atoms with Crippen molar-refractivity contribution in [2.24, 2.45) is 0 Å². The average Bonchev–Trinajstić information content (AvgIpc) is 3.08. The summed E-state index contributed by atoms with van der Waals surface area (Å²) in [4.78, 5) is 17.8. The fraction of sp³-hybridized carbons (Fsp3) is 0.833. The minimum atomic E-state index is -0.183. The van der Waals surface area contributed by atoms with Crippen LogP contribution in [0.3, 0.4) is 0 Å². The number of hydrogen-bond donors (Lipinski definition) is 0. The van der Waals surface area contributed by atoms with Crippen LogP contribution in [0.4, 0.5) is 0 Å². The van der Waals surface area contributed by atoms with Crippen LogP contribution in [-0.4, -0.2) is 75.1 Å². The van der Waals surface area contributed by atoms with Crippen LogP contribution in [-0.2, 0) is 0 Å². The van der Waals surface area contributed by atoms with Crippen molar-refractivity contribution >= 4 is 23.5 Å². The van der Waals surface area contributed by atoms with E-state index < -0.39 is 0 Å². The summed E-state index contributed by atoms with van der Waals surface area (Å²) in [6.07, 6.45) is 0. The summed E-state index contributed by atoms with van der Waals surface area (Å²) in [5.41, 5.74) is 0.378. The molecule has 0 aromatic rings. The first-order chi connectivity index (χ1) is 9.69. The van der Waals surface area contributed by atoms with Crippen molar-refractivity contribution in [3.8, 4) is 0 Å².